The van der Waals surface area contributed by atoms with Gasteiger partial charge in [-0.1, -0.05) is 164 Å². The molecule has 0 aliphatic carbocycles. The van der Waals surface area contributed by atoms with Crippen LogP contribution in [0, 0.1) is 0 Å². The van der Waals surface area contributed by atoms with Crippen molar-refractivity contribution >= 4 is 97.6 Å². The van der Waals surface area contributed by atoms with Crippen LogP contribution in [0.1, 0.15) is 0 Å². The van der Waals surface area contributed by atoms with Gasteiger partial charge in [-0.15, -0.1) is 0 Å². The minimum atomic E-state index is 0.645. The van der Waals surface area contributed by atoms with E-state index in [0.29, 0.717) is 5.95 Å². The topological polar surface area (TPSA) is 35.6 Å². The van der Waals surface area contributed by atoms with Gasteiger partial charge < -0.3 is 4.57 Å². The van der Waals surface area contributed by atoms with Gasteiger partial charge in [-0.25, -0.2) is 9.97 Å². The summed E-state index contributed by atoms with van der Waals surface area (Å²) in [7, 11) is 0. The normalized spacial score (nSPS) is 12.1. The highest BCUT2D eigenvalue weighted by molar-refractivity contribution is 6.24. The van der Waals surface area contributed by atoms with Crippen molar-refractivity contribution in [2.75, 3.05) is 0 Å². The Labute approximate surface area is 332 Å². The lowest BCUT2D eigenvalue weighted by Gasteiger charge is -2.16. The molecule has 58 heavy (non-hydrogen) atoms. The average molecular weight is 737 g/mol. The number of aromatic nitrogens is 4. The van der Waals surface area contributed by atoms with E-state index in [1.54, 1.807) is 0 Å². The van der Waals surface area contributed by atoms with Gasteiger partial charge in [0, 0.05) is 43.3 Å². The van der Waals surface area contributed by atoms with Crippen molar-refractivity contribution in [2.45, 2.75) is 0 Å². The van der Waals surface area contributed by atoms with Crippen LogP contribution in [0.5, 0.6) is 0 Å². The van der Waals surface area contributed by atoms with Gasteiger partial charge >= 0.3 is 0 Å². The van der Waals surface area contributed by atoms with Gasteiger partial charge in [0.2, 0.25) is 5.95 Å². The molecule has 3 aromatic heterocycles. The predicted molar refractivity (Wildman–Crippen MR) is 244 cm³/mol. The molecule has 0 amide bonds. The molecule has 13 rings (SSSR count). The fraction of sp³-hybridized carbons (Fsp3) is 0. The number of para-hydroxylation sites is 3. The van der Waals surface area contributed by atoms with E-state index >= 15 is 0 Å². The third-order valence-electron chi connectivity index (χ3n) is 12.3. The van der Waals surface area contributed by atoms with E-state index in [0.717, 1.165) is 49.7 Å². The highest BCUT2D eigenvalue weighted by Crippen LogP contribution is 2.45. The Bertz CT molecular complexity index is 3870. The summed E-state index contributed by atoms with van der Waals surface area (Å²) in [6.07, 6.45) is 0. The summed E-state index contributed by atoms with van der Waals surface area (Å²) < 4.78 is 4.82. The third-order valence-corrected chi connectivity index (χ3v) is 12.3. The molecule has 4 heteroatoms. The second-order valence-electron chi connectivity index (χ2n) is 15.3. The number of hydrogen-bond acceptors (Lipinski definition) is 2. The largest absolute Gasteiger partial charge is 0.307 e. The average Bonchev–Trinajstić information content (AvgIpc) is 3.80. The van der Waals surface area contributed by atoms with Gasteiger partial charge in [0.25, 0.3) is 0 Å². The maximum absolute atomic E-state index is 5.56. The summed E-state index contributed by atoms with van der Waals surface area (Å²) in [4.78, 5) is 10.9. The first kappa shape index (κ1) is 31.4. The Balaban J connectivity index is 1.18. The van der Waals surface area contributed by atoms with E-state index < -0.39 is 0 Å². The monoisotopic (exact) mass is 736 g/mol. The van der Waals surface area contributed by atoms with Crippen molar-refractivity contribution in [1.82, 2.24) is 19.1 Å². The number of fused-ring (bicyclic) bond motifs is 13. The van der Waals surface area contributed by atoms with Crippen molar-refractivity contribution in [1.29, 1.82) is 0 Å². The van der Waals surface area contributed by atoms with Gasteiger partial charge in [0.15, 0.2) is 0 Å². The number of hydrogen-bond donors (Lipinski definition) is 0. The number of benzene rings is 10. The van der Waals surface area contributed by atoms with Crippen LogP contribution in [0.15, 0.2) is 194 Å². The van der Waals surface area contributed by atoms with E-state index in [-0.39, 0.29) is 0 Å². The van der Waals surface area contributed by atoms with Crippen LogP contribution in [0.25, 0.3) is 120 Å². The quantitative estimate of drug-likeness (QED) is 0.169. The minimum absolute atomic E-state index is 0.645. The number of rotatable bonds is 3. The molecule has 4 nitrogen and oxygen atoms in total. The second kappa shape index (κ2) is 11.8. The van der Waals surface area contributed by atoms with Crippen molar-refractivity contribution < 1.29 is 0 Å². The van der Waals surface area contributed by atoms with Crippen molar-refractivity contribution in [3.05, 3.63) is 194 Å². The first-order chi connectivity index (χ1) is 28.8. The maximum Gasteiger partial charge on any atom is 0.235 e. The van der Waals surface area contributed by atoms with E-state index in [1.165, 1.54) is 64.9 Å². The number of nitrogens with zero attached hydrogens (tertiary/aromatic N) is 4. The molecular formula is C54H32N4. The van der Waals surface area contributed by atoms with Crippen LogP contribution < -0.4 is 0 Å². The summed E-state index contributed by atoms with van der Waals surface area (Å²) in [5.41, 5.74) is 8.55. The Morgan fingerprint density at radius 3 is 1.71 bits per heavy atom. The smallest absolute Gasteiger partial charge is 0.235 e. The lowest BCUT2D eigenvalue weighted by atomic mass is 9.98. The van der Waals surface area contributed by atoms with Gasteiger partial charge in [0.05, 0.1) is 39.0 Å². The first-order valence-electron chi connectivity index (χ1n) is 19.8. The molecule has 268 valence electrons. The highest BCUT2D eigenvalue weighted by Gasteiger charge is 2.24. The van der Waals surface area contributed by atoms with E-state index in [1.807, 2.05) is 0 Å². The molecule has 0 saturated heterocycles. The Kier molecular flexibility index (Phi) is 6.41. The molecule has 13 aromatic rings. The SMILES string of the molecule is c1ccc2c(-n3c4ccccc4c4ccc5ccccc5c43)c3c4ccccc4n(-c4nc(-c5ccc6ccc7ccccc7c6c5)c5ccccc5n4)c3cc2c1. The van der Waals surface area contributed by atoms with Crippen molar-refractivity contribution in [3.8, 4) is 22.9 Å². The van der Waals surface area contributed by atoms with E-state index in [4.69, 9.17) is 9.97 Å². The van der Waals surface area contributed by atoms with Gasteiger partial charge in [0.1, 0.15) is 0 Å². The van der Waals surface area contributed by atoms with Gasteiger partial charge in [-0.2, -0.15) is 0 Å². The molecular weight excluding hydrogens is 705 g/mol. The minimum Gasteiger partial charge on any atom is -0.307 e. The molecule has 0 N–H and O–H groups in total. The van der Waals surface area contributed by atoms with Crippen molar-refractivity contribution in [3.63, 3.8) is 0 Å². The molecule has 0 atom stereocenters. The lowest BCUT2D eigenvalue weighted by molar-refractivity contribution is 1.01. The summed E-state index contributed by atoms with van der Waals surface area (Å²) in [6, 6.07) is 70.2. The highest BCUT2D eigenvalue weighted by atomic mass is 15.2. The molecule has 0 bridgehead atoms. The molecule has 0 saturated carbocycles. The second-order valence-corrected chi connectivity index (χ2v) is 15.3. The fourth-order valence-electron chi connectivity index (χ4n) is 9.71. The Morgan fingerprint density at radius 2 is 0.897 bits per heavy atom. The molecule has 0 spiro atoms. The fourth-order valence-corrected chi connectivity index (χ4v) is 9.71. The zero-order valence-electron chi connectivity index (χ0n) is 31.3. The molecule has 0 aliphatic rings. The summed E-state index contributed by atoms with van der Waals surface area (Å²) >= 11 is 0. The van der Waals surface area contributed by atoms with Crippen LogP contribution in [0.3, 0.4) is 0 Å². The third kappa shape index (κ3) is 4.34. The zero-order chi connectivity index (χ0) is 37.9. The standard InChI is InChI=1S/C54H32N4/c1-4-16-38-33(13-1)25-26-35-27-28-37(31-45(35)38)51-43-20-7-10-22-46(43)55-54(56-51)57-48-24-12-9-21-44(48)50-49(57)32-36-15-3-6-18-40(36)53(50)58-47-23-11-8-19-41(47)42-30-29-34-14-2-5-17-39(34)52(42)58/h1-32H. The van der Waals surface area contributed by atoms with E-state index in [9.17, 15) is 0 Å². The molecule has 0 aliphatic heterocycles. The Hall–Kier alpha value is -7.82. The predicted octanol–water partition coefficient (Wildman–Crippen LogP) is 14.1. The van der Waals surface area contributed by atoms with Crippen LogP contribution in [-0.4, -0.2) is 19.1 Å². The van der Waals surface area contributed by atoms with Crippen LogP contribution in [0.4, 0.5) is 0 Å². The first-order valence-corrected chi connectivity index (χ1v) is 19.8. The van der Waals surface area contributed by atoms with Crippen LogP contribution >= 0.6 is 0 Å². The molecule has 10 aromatic carbocycles. The summed E-state index contributed by atoms with van der Waals surface area (Å²) in [5.74, 6) is 0.645. The maximum atomic E-state index is 5.56. The summed E-state index contributed by atoms with van der Waals surface area (Å²) in [6.45, 7) is 0. The van der Waals surface area contributed by atoms with Crippen LogP contribution in [-0.2, 0) is 0 Å². The van der Waals surface area contributed by atoms with Gasteiger partial charge in [-0.05, 0) is 62.6 Å². The van der Waals surface area contributed by atoms with Crippen LogP contribution in [0.2, 0.25) is 0 Å². The van der Waals surface area contributed by atoms with E-state index in [2.05, 4.69) is 203 Å². The lowest BCUT2D eigenvalue weighted by Crippen LogP contribution is -2.04. The zero-order valence-corrected chi connectivity index (χ0v) is 31.3. The van der Waals surface area contributed by atoms with Crippen molar-refractivity contribution in [2.24, 2.45) is 0 Å². The summed E-state index contributed by atoms with van der Waals surface area (Å²) in [5, 5.41) is 15.5. The molecule has 0 fully saturated rings. The Morgan fingerprint density at radius 1 is 0.328 bits per heavy atom. The molecule has 3 heterocycles. The molecule has 0 radical (unpaired) electrons. The molecule has 0 unspecified atom stereocenters. The van der Waals surface area contributed by atoms with Gasteiger partial charge in [-0.3, -0.25) is 4.57 Å².